The van der Waals surface area contributed by atoms with Gasteiger partial charge in [0, 0.05) is 51.6 Å². The average molecular weight is 369 g/mol. The summed E-state index contributed by atoms with van der Waals surface area (Å²) < 4.78 is 17.7. The van der Waals surface area contributed by atoms with Gasteiger partial charge in [0.2, 0.25) is 0 Å². The van der Waals surface area contributed by atoms with E-state index < -0.39 is 10.8 Å². The molecule has 4 rings (SSSR count). The van der Waals surface area contributed by atoms with E-state index in [0.717, 1.165) is 45.9 Å². The molecule has 1 fully saturated rings. The Hall–Kier alpha value is -2.27. The van der Waals surface area contributed by atoms with Crippen LogP contribution in [0.3, 0.4) is 0 Å². The lowest BCUT2D eigenvalue weighted by Crippen LogP contribution is -2.18. The smallest absolute Gasteiger partial charge is 0.119 e. The number of benzene rings is 2. The fourth-order valence-corrected chi connectivity index (χ4v) is 4.46. The number of nitrogens with one attached hydrogen (secondary N) is 1. The number of hydrogen-bond donors (Lipinski definition) is 1. The summed E-state index contributed by atoms with van der Waals surface area (Å²) >= 11 is 0. The Bertz CT molecular complexity index is 958. The Labute approximate surface area is 156 Å². The normalized spacial score (nSPS) is 15.5. The van der Waals surface area contributed by atoms with Gasteiger partial charge in [-0.05, 0) is 55.3 Å². The van der Waals surface area contributed by atoms with Crippen molar-refractivity contribution in [2.75, 3.05) is 30.9 Å². The zero-order chi connectivity index (χ0) is 18.1. The molecule has 1 atom stereocenters. The van der Waals surface area contributed by atoms with Crippen LogP contribution < -0.4 is 9.64 Å². The van der Waals surface area contributed by atoms with Gasteiger partial charge in [-0.2, -0.15) is 0 Å². The number of nitrogens with zero attached hydrogens (tertiary/aromatic N) is 1. The molecular formula is C21H24N2O2S. The molecule has 136 valence electrons. The summed E-state index contributed by atoms with van der Waals surface area (Å²) in [5, 5.41) is 1.12. The molecule has 0 saturated carbocycles. The lowest BCUT2D eigenvalue weighted by Gasteiger charge is -2.21. The quantitative estimate of drug-likeness (QED) is 0.717. The summed E-state index contributed by atoms with van der Waals surface area (Å²) in [6, 6.07) is 14.4. The number of H-pyrrole nitrogens is 1. The minimum atomic E-state index is -0.959. The lowest BCUT2D eigenvalue weighted by atomic mass is 10.1. The number of ether oxygens (including phenoxy) is 1. The molecule has 3 aromatic rings. The van der Waals surface area contributed by atoms with Gasteiger partial charge in [0.25, 0.3) is 0 Å². The zero-order valence-electron chi connectivity index (χ0n) is 15.2. The molecule has 1 aliphatic heterocycles. The van der Waals surface area contributed by atoms with Crippen molar-refractivity contribution in [3.05, 3.63) is 42.5 Å². The largest absolute Gasteiger partial charge is 0.497 e. The number of hydrogen-bond acceptors (Lipinski definition) is 3. The van der Waals surface area contributed by atoms with Gasteiger partial charge in [-0.15, -0.1) is 0 Å². The predicted molar refractivity (Wildman–Crippen MR) is 109 cm³/mol. The van der Waals surface area contributed by atoms with Crippen LogP contribution in [-0.4, -0.2) is 35.1 Å². The molecule has 2 heterocycles. The molecule has 0 bridgehead atoms. The zero-order valence-corrected chi connectivity index (χ0v) is 16.1. The molecule has 0 unspecified atom stereocenters. The van der Waals surface area contributed by atoms with Crippen molar-refractivity contribution in [3.8, 4) is 17.0 Å². The molecule has 0 amide bonds. The molecule has 0 spiro atoms. The molecular weight excluding hydrogens is 344 g/mol. The first-order valence-electron chi connectivity index (χ1n) is 9.14. The van der Waals surface area contributed by atoms with Crippen LogP contribution in [0.25, 0.3) is 22.2 Å². The van der Waals surface area contributed by atoms with Crippen LogP contribution in [-0.2, 0) is 10.8 Å². The highest BCUT2D eigenvalue weighted by Crippen LogP contribution is 2.36. The Balaban J connectivity index is 1.85. The minimum Gasteiger partial charge on any atom is -0.497 e. The van der Waals surface area contributed by atoms with Gasteiger partial charge < -0.3 is 14.6 Å². The van der Waals surface area contributed by atoms with Crippen molar-refractivity contribution >= 4 is 27.4 Å². The number of anilines is 1. The van der Waals surface area contributed by atoms with Crippen LogP contribution in [0.2, 0.25) is 0 Å². The van der Waals surface area contributed by atoms with Crippen molar-refractivity contribution < 1.29 is 8.95 Å². The molecule has 4 nitrogen and oxygen atoms in total. The predicted octanol–water partition coefficient (Wildman–Crippen LogP) is 4.57. The highest BCUT2D eigenvalue weighted by molar-refractivity contribution is 7.85. The van der Waals surface area contributed by atoms with Crippen LogP contribution in [0, 0.1) is 0 Å². The Morgan fingerprint density at radius 1 is 1.12 bits per heavy atom. The van der Waals surface area contributed by atoms with E-state index in [-0.39, 0.29) is 0 Å². The third-order valence-electron chi connectivity index (χ3n) is 5.06. The third-order valence-corrected chi connectivity index (χ3v) is 6.36. The van der Waals surface area contributed by atoms with Gasteiger partial charge in [0.15, 0.2) is 0 Å². The number of aromatic amines is 1. The first kappa shape index (κ1) is 17.2. The monoisotopic (exact) mass is 368 g/mol. The maximum absolute atomic E-state index is 12.4. The van der Waals surface area contributed by atoms with E-state index in [2.05, 4.69) is 28.1 Å². The van der Waals surface area contributed by atoms with Crippen LogP contribution >= 0.6 is 0 Å². The first-order chi connectivity index (χ1) is 12.7. The standard InChI is InChI=1S/C21H24N2O2S/c1-3-26(24)17-7-9-21(23-10-4-5-11-23)18(14-17)20-13-15-12-16(25-2)6-8-19(15)22-20/h6-9,12-14,22H,3-5,10-11H2,1-2H3/t26-/m1/s1. The van der Waals surface area contributed by atoms with E-state index in [1.54, 1.807) is 7.11 Å². The minimum absolute atomic E-state index is 0.631. The summed E-state index contributed by atoms with van der Waals surface area (Å²) in [6.45, 7) is 4.12. The Kier molecular flexibility index (Phi) is 4.72. The van der Waals surface area contributed by atoms with Gasteiger partial charge in [-0.25, -0.2) is 0 Å². The SMILES string of the molecule is CC[S@@](=O)c1ccc(N2CCCC2)c(-c2cc3cc(OC)ccc3[nH]2)c1. The van der Waals surface area contributed by atoms with E-state index in [0.29, 0.717) is 5.75 Å². The first-order valence-corrected chi connectivity index (χ1v) is 10.5. The van der Waals surface area contributed by atoms with Gasteiger partial charge in [0.1, 0.15) is 5.75 Å². The summed E-state index contributed by atoms with van der Waals surface area (Å²) in [6.07, 6.45) is 2.46. The van der Waals surface area contributed by atoms with Crippen molar-refractivity contribution in [3.63, 3.8) is 0 Å². The topological polar surface area (TPSA) is 45.3 Å². The number of fused-ring (bicyclic) bond motifs is 1. The molecule has 1 aromatic heterocycles. The second kappa shape index (κ2) is 7.16. The van der Waals surface area contributed by atoms with Crippen molar-refractivity contribution in [1.29, 1.82) is 0 Å². The van der Waals surface area contributed by atoms with E-state index in [1.165, 1.54) is 18.5 Å². The molecule has 0 radical (unpaired) electrons. The van der Waals surface area contributed by atoms with E-state index in [9.17, 15) is 4.21 Å². The molecule has 1 aliphatic rings. The van der Waals surface area contributed by atoms with Crippen molar-refractivity contribution in [2.45, 2.75) is 24.7 Å². The second-order valence-electron chi connectivity index (χ2n) is 6.64. The Morgan fingerprint density at radius 3 is 2.65 bits per heavy atom. The van der Waals surface area contributed by atoms with Crippen LogP contribution in [0.1, 0.15) is 19.8 Å². The van der Waals surface area contributed by atoms with E-state index in [4.69, 9.17) is 4.74 Å². The van der Waals surface area contributed by atoms with Gasteiger partial charge in [0.05, 0.1) is 17.9 Å². The molecule has 5 heteroatoms. The molecule has 2 aromatic carbocycles. The van der Waals surface area contributed by atoms with Crippen LogP contribution in [0.15, 0.2) is 47.4 Å². The second-order valence-corrected chi connectivity index (χ2v) is 8.38. The van der Waals surface area contributed by atoms with Gasteiger partial charge in [-0.1, -0.05) is 6.92 Å². The van der Waals surface area contributed by atoms with Crippen molar-refractivity contribution in [1.82, 2.24) is 4.98 Å². The van der Waals surface area contributed by atoms with Crippen molar-refractivity contribution in [2.24, 2.45) is 0 Å². The number of methoxy groups -OCH3 is 1. The summed E-state index contributed by atoms with van der Waals surface area (Å²) in [4.78, 5) is 6.85. The van der Waals surface area contributed by atoms with Gasteiger partial charge >= 0.3 is 0 Å². The fraction of sp³-hybridized carbons (Fsp3) is 0.333. The summed E-state index contributed by atoms with van der Waals surface area (Å²) in [7, 11) is 0.725. The van der Waals surface area contributed by atoms with Gasteiger partial charge in [-0.3, -0.25) is 4.21 Å². The molecule has 1 N–H and O–H groups in total. The van der Waals surface area contributed by atoms with Crippen LogP contribution in [0.5, 0.6) is 5.75 Å². The van der Waals surface area contributed by atoms with E-state index >= 15 is 0 Å². The maximum Gasteiger partial charge on any atom is 0.119 e. The number of aromatic nitrogens is 1. The molecule has 0 aliphatic carbocycles. The highest BCUT2D eigenvalue weighted by atomic mass is 32.2. The lowest BCUT2D eigenvalue weighted by molar-refractivity contribution is 0.415. The Morgan fingerprint density at radius 2 is 1.92 bits per heavy atom. The molecule has 1 saturated heterocycles. The van der Waals surface area contributed by atoms with Crippen LogP contribution in [0.4, 0.5) is 5.69 Å². The number of rotatable bonds is 5. The molecule has 26 heavy (non-hydrogen) atoms. The summed E-state index contributed by atoms with van der Waals surface area (Å²) in [5.41, 5.74) is 4.49. The van der Waals surface area contributed by atoms with E-state index in [1.807, 2.05) is 31.2 Å². The summed E-state index contributed by atoms with van der Waals surface area (Å²) in [5.74, 6) is 1.48. The third kappa shape index (κ3) is 3.12. The highest BCUT2D eigenvalue weighted by Gasteiger charge is 2.19. The average Bonchev–Trinajstić information content (AvgIpc) is 3.35. The fourth-order valence-electron chi connectivity index (χ4n) is 3.66. The maximum atomic E-state index is 12.4.